The molecule has 1 aliphatic rings. The van der Waals surface area contributed by atoms with Crippen molar-refractivity contribution in [1.82, 2.24) is 5.32 Å². The maximum absolute atomic E-state index is 12.0. The number of rotatable bonds is 2. The molecule has 1 saturated carbocycles. The van der Waals surface area contributed by atoms with Crippen LogP contribution in [0.1, 0.15) is 47.5 Å². The highest BCUT2D eigenvalue weighted by Crippen LogP contribution is 2.31. The van der Waals surface area contributed by atoms with Crippen LogP contribution < -0.4 is 11.1 Å². The zero-order valence-corrected chi connectivity index (χ0v) is 11.2. The van der Waals surface area contributed by atoms with E-state index in [0.29, 0.717) is 17.9 Å². The van der Waals surface area contributed by atoms with Gasteiger partial charge in [-0.2, -0.15) is 0 Å². The fourth-order valence-corrected chi connectivity index (χ4v) is 2.23. The maximum Gasteiger partial charge on any atom is 0.237 e. The summed E-state index contributed by atoms with van der Waals surface area (Å²) in [5.74, 6) is 1.27. The molecule has 16 heavy (non-hydrogen) atoms. The van der Waals surface area contributed by atoms with Crippen LogP contribution in [0.5, 0.6) is 0 Å². The molecule has 1 fully saturated rings. The highest BCUT2D eigenvalue weighted by molar-refractivity contribution is 5.82. The number of amides is 1. The second-order valence-corrected chi connectivity index (χ2v) is 6.37. The molecule has 0 aromatic carbocycles. The highest BCUT2D eigenvalue weighted by Gasteiger charge is 2.34. The first kappa shape index (κ1) is 13.5. The molecule has 1 amide bonds. The lowest BCUT2D eigenvalue weighted by Gasteiger charge is -2.28. The Labute approximate surface area is 99.2 Å². The smallest absolute Gasteiger partial charge is 0.237 e. The second-order valence-electron chi connectivity index (χ2n) is 6.37. The Morgan fingerprint density at radius 3 is 2.25 bits per heavy atom. The molecule has 0 radical (unpaired) electrons. The number of nitrogens with two attached hydrogens (primary N) is 1. The molecular formula is C13H26N2O. The van der Waals surface area contributed by atoms with Crippen molar-refractivity contribution >= 4 is 5.91 Å². The molecule has 3 unspecified atom stereocenters. The van der Waals surface area contributed by atoms with Crippen molar-refractivity contribution in [3.8, 4) is 0 Å². The zero-order valence-electron chi connectivity index (χ0n) is 11.2. The van der Waals surface area contributed by atoms with Gasteiger partial charge in [0.1, 0.15) is 0 Å². The average molecular weight is 226 g/mol. The third-order valence-corrected chi connectivity index (χ3v) is 4.01. The Morgan fingerprint density at radius 2 is 1.88 bits per heavy atom. The number of hydrogen-bond acceptors (Lipinski definition) is 2. The number of carbonyl (C=O) groups is 1. The van der Waals surface area contributed by atoms with Crippen molar-refractivity contribution < 1.29 is 4.79 Å². The Balaban J connectivity index is 2.52. The Morgan fingerprint density at radius 1 is 1.31 bits per heavy atom. The molecule has 0 aliphatic heterocycles. The van der Waals surface area contributed by atoms with E-state index in [0.717, 1.165) is 6.42 Å². The van der Waals surface area contributed by atoms with Crippen LogP contribution in [-0.2, 0) is 4.79 Å². The van der Waals surface area contributed by atoms with Crippen molar-refractivity contribution in [2.75, 3.05) is 0 Å². The SMILES string of the molecule is CC1CCC(NC(=O)[C@H](N)C(C)(C)C)C1C. The Hall–Kier alpha value is -0.570. The topological polar surface area (TPSA) is 55.1 Å². The van der Waals surface area contributed by atoms with Gasteiger partial charge in [-0.1, -0.05) is 34.6 Å². The van der Waals surface area contributed by atoms with E-state index in [2.05, 4.69) is 19.2 Å². The van der Waals surface area contributed by atoms with Gasteiger partial charge in [0.2, 0.25) is 5.91 Å². The van der Waals surface area contributed by atoms with E-state index in [9.17, 15) is 4.79 Å². The van der Waals surface area contributed by atoms with Gasteiger partial charge in [-0.3, -0.25) is 4.79 Å². The van der Waals surface area contributed by atoms with Crippen LogP contribution in [-0.4, -0.2) is 18.0 Å². The fraction of sp³-hybridized carbons (Fsp3) is 0.923. The molecule has 3 nitrogen and oxygen atoms in total. The average Bonchev–Trinajstić information content (AvgIpc) is 2.47. The van der Waals surface area contributed by atoms with Crippen LogP contribution >= 0.6 is 0 Å². The first-order valence-electron chi connectivity index (χ1n) is 6.29. The Bertz CT molecular complexity index is 257. The quantitative estimate of drug-likeness (QED) is 0.755. The van der Waals surface area contributed by atoms with Gasteiger partial charge in [0.25, 0.3) is 0 Å². The molecule has 0 saturated heterocycles. The maximum atomic E-state index is 12.0. The summed E-state index contributed by atoms with van der Waals surface area (Å²) >= 11 is 0. The van der Waals surface area contributed by atoms with E-state index in [4.69, 9.17) is 5.73 Å². The van der Waals surface area contributed by atoms with Crippen LogP contribution in [0.4, 0.5) is 0 Å². The van der Waals surface area contributed by atoms with Crippen molar-refractivity contribution in [2.24, 2.45) is 23.0 Å². The molecule has 4 atom stereocenters. The minimum atomic E-state index is -0.421. The van der Waals surface area contributed by atoms with E-state index < -0.39 is 6.04 Å². The summed E-state index contributed by atoms with van der Waals surface area (Å²) in [5.41, 5.74) is 5.77. The molecule has 0 aromatic rings. The van der Waals surface area contributed by atoms with E-state index in [1.165, 1.54) is 6.42 Å². The minimum Gasteiger partial charge on any atom is -0.352 e. The van der Waals surface area contributed by atoms with Crippen LogP contribution in [0, 0.1) is 17.3 Å². The van der Waals surface area contributed by atoms with E-state index in [-0.39, 0.29) is 11.3 Å². The van der Waals surface area contributed by atoms with E-state index in [1.807, 2.05) is 20.8 Å². The summed E-state index contributed by atoms with van der Waals surface area (Å²) in [7, 11) is 0. The van der Waals surface area contributed by atoms with E-state index in [1.54, 1.807) is 0 Å². The molecule has 3 N–H and O–H groups in total. The molecule has 1 aliphatic carbocycles. The molecule has 94 valence electrons. The first-order valence-corrected chi connectivity index (χ1v) is 6.29. The fourth-order valence-electron chi connectivity index (χ4n) is 2.23. The number of hydrogen-bond donors (Lipinski definition) is 2. The monoisotopic (exact) mass is 226 g/mol. The van der Waals surface area contributed by atoms with Crippen LogP contribution in [0.3, 0.4) is 0 Å². The van der Waals surface area contributed by atoms with Crippen molar-refractivity contribution in [3.05, 3.63) is 0 Å². The van der Waals surface area contributed by atoms with Crippen molar-refractivity contribution in [3.63, 3.8) is 0 Å². The lowest BCUT2D eigenvalue weighted by molar-refractivity contribution is -0.125. The molecule has 0 bridgehead atoms. The molecule has 0 spiro atoms. The largest absolute Gasteiger partial charge is 0.352 e. The summed E-state index contributed by atoms with van der Waals surface area (Å²) in [5, 5.41) is 3.10. The standard InChI is InChI=1S/C13H26N2O/c1-8-6-7-10(9(8)2)15-12(16)11(14)13(3,4)5/h8-11H,6-7,14H2,1-5H3,(H,15,16)/t8?,9?,10?,11-/m0/s1. The molecule has 0 heterocycles. The van der Waals surface area contributed by atoms with Crippen LogP contribution in [0.25, 0.3) is 0 Å². The van der Waals surface area contributed by atoms with Gasteiger partial charge in [-0.25, -0.2) is 0 Å². The second kappa shape index (κ2) is 4.74. The van der Waals surface area contributed by atoms with Gasteiger partial charge in [-0.05, 0) is 30.1 Å². The summed E-state index contributed by atoms with van der Waals surface area (Å²) in [6, 6.07) is -0.105. The zero-order chi connectivity index (χ0) is 12.5. The molecule has 3 heteroatoms. The lowest BCUT2D eigenvalue weighted by atomic mass is 9.86. The third-order valence-electron chi connectivity index (χ3n) is 4.01. The summed E-state index contributed by atoms with van der Waals surface area (Å²) in [6.07, 6.45) is 2.29. The predicted molar refractivity (Wildman–Crippen MR) is 66.9 cm³/mol. The summed E-state index contributed by atoms with van der Waals surface area (Å²) in [6.45, 7) is 10.5. The number of nitrogens with one attached hydrogen (secondary N) is 1. The highest BCUT2D eigenvalue weighted by atomic mass is 16.2. The molecular weight excluding hydrogens is 200 g/mol. The normalized spacial score (nSPS) is 32.5. The third kappa shape index (κ3) is 2.97. The van der Waals surface area contributed by atoms with E-state index >= 15 is 0 Å². The molecule has 1 rings (SSSR count). The van der Waals surface area contributed by atoms with Gasteiger partial charge in [-0.15, -0.1) is 0 Å². The minimum absolute atomic E-state index is 0.00144. The van der Waals surface area contributed by atoms with Crippen molar-refractivity contribution in [1.29, 1.82) is 0 Å². The van der Waals surface area contributed by atoms with Crippen LogP contribution in [0.15, 0.2) is 0 Å². The van der Waals surface area contributed by atoms with Crippen molar-refractivity contribution in [2.45, 2.75) is 59.5 Å². The summed E-state index contributed by atoms with van der Waals surface area (Å²) < 4.78 is 0. The van der Waals surface area contributed by atoms with Gasteiger partial charge < -0.3 is 11.1 Å². The Kier molecular flexibility index (Phi) is 4.00. The molecule has 0 aromatic heterocycles. The summed E-state index contributed by atoms with van der Waals surface area (Å²) in [4.78, 5) is 12.0. The van der Waals surface area contributed by atoms with Gasteiger partial charge >= 0.3 is 0 Å². The van der Waals surface area contributed by atoms with Gasteiger partial charge in [0.05, 0.1) is 6.04 Å². The van der Waals surface area contributed by atoms with Gasteiger partial charge in [0.15, 0.2) is 0 Å². The predicted octanol–water partition coefficient (Wildman–Crippen LogP) is 1.91. The lowest BCUT2D eigenvalue weighted by Crippen LogP contribution is -2.52. The number of carbonyl (C=O) groups excluding carboxylic acids is 1. The first-order chi connectivity index (χ1) is 7.23. The van der Waals surface area contributed by atoms with Gasteiger partial charge in [0, 0.05) is 6.04 Å². The van der Waals surface area contributed by atoms with Crippen LogP contribution in [0.2, 0.25) is 0 Å².